The van der Waals surface area contributed by atoms with Gasteiger partial charge in [0.1, 0.15) is 6.23 Å². The first-order valence-corrected chi connectivity index (χ1v) is 9.53. The zero-order valence-electron chi connectivity index (χ0n) is 14.2. The molecule has 1 aromatic rings. The Labute approximate surface area is 143 Å². The fourth-order valence-electron chi connectivity index (χ4n) is 3.43. The van der Waals surface area contributed by atoms with Gasteiger partial charge in [0.25, 0.3) is 0 Å². The van der Waals surface area contributed by atoms with E-state index < -0.39 is 0 Å². The lowest BCUT2D eigenvalue weighted by molar-refractivity contribution is -0.0143. The standard InChI is InChI=1S/C16H29N5OS/c1-13(22)21-8-6-20(7-9-21)11-14-12-23-16(18-14)17-10-15-4-3-5-19(15)2/h12-13,15,22H,3-11H2,1-2H3,(H,17,18)/t13?,15-/m0/s1. The molecule has 2 atom stereocenters. The molecule has 0 aliphatic carbocycles. The van der Waals surface area contributed by atoms with Crippen LogP contribution in [0.1, 0.15) is 25.5 Å². The molecule has 3 rings (SSSR count). The third kappa shape index (κ3) is 4.64. The van der Waals surface area contributed by atoms with E-state index in [-0.39, 0.29) is 6.23 Å². The van der Waals surface area contributed by atoms with Gasteiger partial charge in [-0.25, -0.2) is 4.98 Å². The summed E-state index contributed by atoms with van der Waals surface area (Å²) in [6.07, 6.45) is 2.26. The molecule has 3 heterocycles. The van der Waals surface area contributed by atoms with Crippen LogP contribution >= 0.6 is 11.3 Å². The van der Waals surface area contributed by atoms with E-state index in [1.807, 2.05) is 6.92 Å². The smallest absolute Gasteiger partial charge is 0.182 e. The van der Waals surface area contributed by atoms with E-state index in [0.717, 1.165) is 50.1 Å². The van der Waals surface area contributed by atoms with E-state index in [1.54, 1.807) is 11.3 Å². The monoisotopic (exact) mass is 339 g/mol. The van der Waals surface area contributed by atoms with Crippen molar-refractivity contribution in [3.8, 4) is 0 Å². The van der Waals surface area contributed by atoms with Crippen LogP contribution < -0.4 is 5.32 Å². The molecule has 2 aliphatic heterocycles. The Balaban J connectivity index is 1.42. The van der Waals surface area contributed by atoms with E-state index in [1.165, 1.54) is 19.4 Å². The van der Waals surface area contributed by atoms with Crippen LogP contribution in [0.2, 0.25) is 0 Å². The van der Waals surface area contributed by atoms with Crippen LogP contribution in [0.5, 0.6) is 0 Å². The summed E-state index contributed by atoms with van der Waals surface area (Å²) in [4.78, 5) is 11.7. The predicted octanol–water partition coefficient (Wildman–Crippen LogP) is 1.11. The summed E-state index contributed by atoms with van der Waals surface area (Å²) >= 11 is 1.71. The summed E-state index contributed by atoms with van der Waals surface area (Å²) in [5.74, 6) is 0. The minimum absolute atomic E-state index is 0.332. The Hall–Kier alpha value is -0.730. The zero-order valence-corrected chi connectivity index (χ0v) is 15.1. The average molecular weight is 340 g/mol. The molecule has 0 spiro atoms. The van der Waals surface area contributed by atoms with Crippen LogP contribution in [0.15, 0.2) is 5.38 Å². The van der Waals surface area contributed by atoms with Gasteiger partial charge in [-0.05, 0) is 33.4 Å². The number of aliphatic hydroxyl groups excluding tert-OH is 1. The van der Waals surface area contributed by atoms with E-state index in [4.69, 9.17) is 4.98 Å². The zero-order chi connectivity index (χ0) is 16.2. The Bertz CT molecular complexity index is 487. The summed E-state index contributed by atoms with van der Waals surface area (Å²) in [6, 6.07) is 0.649. The highest BCUT2D eigenvalue weighted by atomic mass is 32.1. The number of nitrogens with one attached hydrogen (secondary N) is 1. The summed E-state index contributed by atoms with van der Waals surface area (Å²) in [6.45, 7) is 8.83. The van der Waals surface area contributed by atoms with Gasteiger partial charge in [-0.3, -0.25) is 9.80 Å². The molecule has 7 heteroatoms. The number of likely N-dealkylation sites (tertiary alicyclic amines) is 1. The van der Waals surface area contributed by atoms with Crippen LogP contribution in [0, 0.1) is 0 Å². The number of likely N-dealkylation sites (N-methyl/N-ethyl adjacent to an activating group) is 1. The van der Waals surface area contributed by atoms with Crippen LogP contribution in [-0.2, 0) is 6.54 Å². The van der Waals surface area contributed by atoms with Crippen molar-refractivity contribution in [2.24, 2.45) is 0 Å². The third-order valence-electron chi connectivity index (χ3n) is 5.03. The second-order valence-corrected chi connectivity index (χ2v) is 7.60. The van der Waals surface area contributed by atoms with Crippen LogP contribution in [0.3, 0.4) is 0 Å². The van der Waals surface area contributed by atoms with E-state index >= 15 is 0 Å². The highest BCUT2D eigenvalue weighted by molar-refractivity contribution is 7.13. The first-order valence-electron chi connectivity index (χ1n) is 8.65. The number of aliphatic hydroxyl groups is 1. The summed E-state index contributed by atoms with van der Waals surface area (Å²) < 4.78 is 0. The molecule has 2 N–H and O–H groups in total. The lowest BCUT2D eigenvalue weighted by Gasteiger charge is -2.35. The number of thiazole rings is 1. The van der Waals surface area contributed by atoms with Crippen molar-refractivity contribution in [3.05, 3.63) is 11.1 Å². The van der Waals surface area contributed by atoms with Gasteiger partial charge >= 0.3 is 0 Å². The Morgan fingerprint density at radius 3 is 2.78 bits per heavy atom. The number of rotatable bonds is 6. The van der Waals surface area contributed by atoms with Gasteiger partial charge in [-0.1, -0.05) is 0 Å². The molecule has 1 unspecified atom stereocenters. The van der Waals surface area contributed by atoms with Gasteiger partial charge < -0.3 is 15.3 Å². The van der Waals surface area contributed by atoms with Gasteiger partial charge in [-0.2, -0.15) is 0 Å². The first kappa shape index (κ1) is 17.1. The van der Waals surface area contributed by atoms with Gasteiger partial charge in [0.2, 0.25) is 0 Å². The number of anilines is 1. The maximum Gasteiger partial charge on any atom is 0.182 e. The molecule has 0 aromatic carbocycles. The fourth-order valence-corrected chi connectivity index (χ4v) is 4.14. The fraction of sp³-hybridized carbons (Fsp3) is 0.812. The minimum atomic E-state index is -0.332. The molecule has 2 fully saturated rings. The molecule has 23 heavy (non-hydrogen) atoms. The Morgan fingerprint density at radius 2 is 2.13 bits per heavy atom. The van der Waals surface area contributed by atoms with Gasteiger partial charge in [0.15, 0.2) is 5.13 Å². The number of hydrogen-bond acceptors (Lipinski definition) is 7. The lowest BCUT2D eigenvalue weighted by atomic mass is 10.2. The van der Waals surface area contributed by atoms with Crippen molar-refractivity contribution in [2.75, 3.05) is 51.6 Å². The predicted molar refractivity (Wildman–Crippen MR) is 94.8 cm³/mol. The largest absolute Gasteiger partial charge is 0.379 e. The number of hydrogen-bond donors (Lipinski definition) is 2. The molecule has 6 nitrogen and oxygen atoms in total. The molecule has 130 valence electrons. The molecule has 0 amide bonds. The number of piperazine rings is 1. The molecule has 1 aromatic heterocycles. The highest BCUT2D eigenvalue weighted by Gasteiger charge is 2.22. The van der Waals surface area contributed by atoms with Crippen molar-refractivity contribution in [1.82, 2.24) is 19.7 Å². The van der Waals surface area contributed by atoms with Crippen molar-refractivity contribution in [3.63, 3.8) is 0 Å². The van der Waals surface area contributed by atoms with Gasteiger partial charge in [-0.15, -0.1) is 11.3 Å². The summed E-state index contributed by atoms with van der Waals surface area (Å²) in [5.41, 5.74) is 1.16. The molecular weight excluding hydrogens is 310 g/mol. The second kappa shape index (κ2) is 7.90. The molecule has 2 aliphatic rings. The third-order valence-corrected chi connectivity index (χ3v) is 5.88. The first-order chi connectivity index (χ1) is 11.1. The van der Waals surface area contributed by atoms with Crippen molar-refractivity contribution in [2.45, 2.75) is 38.6 Å². The van der Waals surface area contributed by atoms with E-state index in [9.17, 15) is 5.11 Å². The lowest BCUT2D eigenvalue weighted by Crippen LogP contribution is -2.49. The van der Waals surface area contributed by atoms with Crippen LogP contribution in [0.4, 0.5) is 5.13 Å². The van der Waals surface area contributed by atoms with Crippen molar-refractivity contribution >= 4 is 16.5 Å². The van der Waals surface area contributed by atoms with E-state index in [0.29, 0.717) is 6.04 Å². The summed E-state index contributed by atoms with van der Waals surface area (Å²) in [5, 5.41) is 16.3. The number of aromatic nitrogens is 1. The van der Waals surface area contributed by atoms with Gasteiger partial charge in [0, 0.05) is 50.7 Å². The van der Waals surface area contributed by atoms with Crippen LogP contribution in [-0.4, -0.2) is 83.4 Å². The molecule has 2 saturated heterocycles. The van der Waals surface area contributed by atoms with Crippen molar-refractivity contribution < 1.29 is 5.11 Å². The molecular formula is C16H29N5OS. The Morgan fingerprint density at radius 1 is 1.35 bits per heavy atom. The highest BCUT2D eigenvalue weighted by Crippen LogP contribution is 2.20. The van der Waals surface area contributed by atoms with Crippen molar-refractivity contribution in [1.29, 1.82) is 0 Å². The molecule has 0 bridgehead atoms. The maximum atomic E-state index is 9.61. The normalized spacial score (nSPS) is 25.8. The SMILES string of the molecule is CC(O)N1CCN(Cc2csc(NC[C@@H]3CCCN3C)n2)CC1. The summed E-state index contributed by atoms with van der Waals surface area (Å²) in [7, 11) is 2.21. The number of nitrogens with zero attached hydrogens (tertiary/aromatic N) is 4. The molecule has 0 radical (unpaired) electrons. The van der Waals surface area contributed by atoms with Gasteiger partial charge in [0.05, 0.1) is 5.69 Å². The molecule has 0 saturated carbocycles. The minimum Gasteiger partial charge on any atom is -0.379 e. The quantitative estimate of drug-likeness (QED) is 0.810. The van der Waals surface area contributed by atoms with Crippen LogP contribution in [0.25, 0.3) is 0 Å². The maximum absolute atomic E-state index is 9.61. The van der Waals surface area contributed by atoms with E-state index in [2.05, 4.69) is 32.4 Å². The second-order valence-electron chi connectivity index (χ2n) is 6.75. The average Bonchev–Trinajstić information content (AvgIpc) is 3.15. The topological polar surface area (TPSA) is 54.9 Å². The Kier molecular flexibility index (Phi) is 5.87.